The third kappa shape index (κ3) is 19.4. The summed E-state index contributed by atoms with van der Waals surface area (Å²) in [6, 6.07) is 0. The molecule has 0 aromatic rings. The molecule has 2 nitrogen and oxygen atoms in total. The van der Waals surface area contributed by atoms with Gasteiger partial charge in [0.2, 0.25) is 0 Å². The number of carbonyl (C=O) groups is 1. The smallest absolute Gasteiger partial charge is 0.306 e. The largest absolute Gasteiger partial charge is 0.481 e. The molecular weight excluding hydrogens is 368 g/mol. The van der Waals surface area contributed by atoms with E-state index in [9.17, 15) is 9.90 Å². The van der Waals surface area contributed by atoms with Gasteiger partial charge in [-0.25, -0.2) is 0 Å². The highest BCUT2D eigenvalue weighted by molar-refractivity contribution is 5.69. The number of carboxylic acids is 1. The fraction of sp³-hybridized carbons (Fsp3) is 0.964. The second kappa shape index (κ2) is 21.7. The molecule has 0 aliphatic rings. The SMILES string of the molecule is CCCCCC(CCC)CC(CCCCCCCCCCCCCC(C)C)C(=O)O. The highest BCUT2D eigenvalue weighted by Gasteiger charge is 2.21. The van der Waals surface area contributed by atoms with E-state index in [0.29, 0.717) is 5.92 Å². The Hall–Kier alpha value is -0.530. The van der Waals surface area contributed by atoms with E-state index in [4.69, 9.17) is 0 Å². The lowest BCUT2D eigenvalue weighted by molar-refractivity contribution is -0.142. The van der Waals surface area contributed by atoms with Crippen LogP contribution in [0.3, 0.4) is 0 Å². The Labute approximate surface area is 190 Å². The summed E-state index contributed by atoms with van der Waals surface area (Å²) in [5.74, 6) is 0.811. The minimum absolute atomic E-state index is 0.112. The van der Waals surface area contributed by atoms with Gasteiger partial charge in [0.1, 0.15) is 0 Å². The molecule has 0 bridgehead atoms. The van der Waals surface area contributed by atoms with E-state index in [1.54, 1.807) is 0 Å². The first-order valence-corrected chi connectivity index (χ1v) is 13.7. The van der Waals surface area contributed by atoms with Crippen LogP contribution >= 0.6 is 0 Å². The monoisotopic (exact) mass is 424 g/mol. The molecule has 0 aliphatic heterocycles. The predicted molar refractivity (Wildman–Crippen MR) is 133 cm³/mol. The first-order valence-electron chi connectivity index (χ1n) is 13.7. The average molecular weight is 425 g/mol. The Balaban J connectivity index is 3.72. The van der Waals surface area contributed by atoms with Crippen LogP contribution in [0.15, 0.2) is 0 Å². The van der Waals surface area contributed by atoms with Crippen LogP contribution < -0.4 is 0 Å². The van der Waals surface area contributed by atoms with Gasteiger partial charge < -0.3 is 5.11 Å². The van der Waals surface area contributed by atoms with Gasteiger partial charge in [-0.3, -0.25) is 4.79 Å². The van der Waals surface area contributed by atoms with Crippen LogP contribution in [0.25, 0.3) is 0 Å². The van der Waals surface area contributed by atoms with E-state index in [2.05, 4.69) is 27.7 Å². The van der Waals surface area contributed by atoms with E-state index in [1.807, 2.05) is 0 Å². The molecule has 30 heavy (non-hydrogen) atoms. The molecule has 0 saturated carbocycles. The van der Waals surface area contributed by atoms with Crippen LogP contribution in [0.5, 0.6) is 0 Å². The molecule has 0 aromatic heterocycles. The molecule has 0 aliphatic carbocycles. The minimum atomic E-state index is -0.556. The lowest BCUT2D eigenvalue weighted by Crippen LogP contribution is -2.18. The summed E-state index contributed by atoms with van der Waals surface area (Å²) in [7, 11) is 0. The van der Waals surface area contributed by atoms with Crippen molar-refractivity contribution < 1.29 is 9.90 Å². The zero-order valence-corrected chi connectivity index (χ0v) is 21.2. The van der Waals surface area contributed by atoms with Crippen molar-refractivity contribution in [3.05, 3.63) is 0 Å². The number of carboxylic acid groups (broad SMARTS) is 1. The van der Waals surface area contributed by atoms with E-state index in [-0.39, 0.29) is 5.92 Å². The number of hydrogen-bond donors (Lipinski definition) is 1. The zero-order chi connectivity index (χ0) is 22.5. The van der Waals surface area contributed by atoms with Crippen molar-refractivity contribution in [1.29, 1.82) is 0 Å². The Morgan fingerprint density at radius 2 is 1.07 bits per heavy atom. The van der Waals surface area contributed by atoms with Gasteiger partial charge >= 0.3 is 5.97 Å². The zero-order valence-electron chi connectivity index (χ0n) is 21.2. The summed E-state index contributed by atoms with van der Waals surface area (Å²) in [6.45, 7) is 9.11. The maximum Gasteiger partial charge on any atom is 0.306 e. The molecule has 2 unspecified atom stereocenters. The number of unbranched alkanes of at least 4 members (excludes halogenated alkanes) is 12. The molecule has 0 aromatic carbocycles. The number of rotatable bonds is 23. The van der Waals surface area contributed by atoms with E-state index >= 15 is 0 Å². The normalized spacial score (nSPS) is 13.6. The second-order valence-electron chi connectivity index (χ2n) is 10.3. The van der Waals surface area contributed by atoms with Gasteiger partial charge in [0.25, 0.3) is 0 Å². The Morgan fingerprint density at radius 3 is 1.50 bits per heavy atom. The van der Waals surface area contributed by atoms with Crippen LogP contribution in [0, 0.1) is 17.8 Å². The van der Waals surface area contributed by atoms with Gasteiger partial charge in [-0.05, 0) is 24.7 Å². The van der Waals surface area contributed by atoms with Crippen molar-refractivity contribution in [2.24, 2.45) is 17.8 Å². The Kier molecular flexibility index (Phi) is 21.3. The third-order valence-electron chi connectivity index (χ3n) is 6.71. The topological polar surface area (TPSA) is 37.3 Å². The molecule has 0 amide bonds. The maximum absolute atomic E-state index is 11.7. The van der Waals surface area contributed by atoms with Crippen molar-refractivity contribution in [2.75, 3.05) is 0 Å². The molecule has 0 spiro atoms. The highest BCUT2D eigenvalue weighted by Crippen LogP contribution is 2.27. The molecular formula is C28H56O2. The summed E-state index contributed by atoms with van der Waals surface area (Å²) in [4.78, 5) is 11.7. The van der Waals surface area contributed by atoms with Crippen molar-refractivity contribution >= 4 is 5.97 Å². The molecule has 2 heteroatoms. The quantitative estimate of drug-likeness (QED) is 0.166. The van der Waals surface area contributed by atoms with E-state index < -0.39 is 5.97 Å². The molecule has 0 fully saturated rings. The number of hydrogen-bond acceptors (Lipinski definition) is 1. The Morgan fingerprint density at radius 1 is 0.600 bits per heavy atom. The number of aliphatic carboxylic acids is 1. The van der Waals surface area contributed by atoms with Crippen molar-refractivity contribution in [3.8, 4) is 0 Å². The van der Waals surface area contributed by atoms with Gasteiger partial charge in [-0.2, -0.15) is 0 Å². The van der Waals surface area contributed by atoms with Crippen LogP contribution in [0.4, 0.5) is 0 Å². The van der Waals surface area contributed by atoms with Gasteiger partial charge in [0, 0.05) is 0 Å². The van der Waals surface area contributed by atoms with Gasteiger partial charge in [0.05, 0.1) is 5.92 Å². The maximum atomic E-state index is 11.7. The van der Waals surface area contributed by atoms with Crippen LogP contribution in [-0.4, -0.2) is 11.1 Å². The molecule has 180 valence electrons. The molecule has 0 saturated heterocycles. The first kappa shape index (κ1) is 29.5. The van der Waals surface area contributed by atoms with Crippen LogP contribution in [0.1, 0.15) is 156 Å². The summed E-state index contributed by atoms with van der Waals surface area (Å²) < 4.78 is 0. The molecule has 0 radical (unpaired) electrons. The first-order chi connectivity index (χ1) is 14.5. The van der Waals surface area contributed by atoms with E-state index in [0.717, 1.165) is 25.2 Å². The third-order valence-corrected chi connectivity index (χ3v) is 6.71. The van der Waals surface area contributed by atoms with Gasteiger partial charge in [-0.15, -0.1) is 0 Å². The Bertz CT molecular complexity index is 364. The van der Waals surface area contributed by atoms with E-state index in [1.165, 1.54) is 109 Å². The van der Waals surface area contributed by atoms with Crippen molar-refractivity contribution in [1.82, 2.24) is 0 Å². The highest BCUT2D eigenvalue weighted by atomic mass is 16.4. The summed E-state index contributed by atoms with van der Waals surface area (Å²) >= 11 is 0. The van der Waals surface area contributed by atoms with Gasteiger partial charge in [0.15, 0.2) is 0 Å². The fourth-order valence-corrected chi connectivity index (χ4v) is 4.75. The molecule has 1 N–H and O–H groups in total. The second-order valence-corrected chi connectivity index (χ2v) is 10.3. The molecule has 0 rings (SSSR count). The van der Waals surface area contributed by atoms with Crippen LogP contribution in [-0.2, 0) is 4.79 Å². The molecule has 2 atom stereocenters. The van der Waals surface area contributed by atoms with Crippen molar-refractivity contribution in [3.63, 3.8) is 0 Å². The van der Waals surface area contributed by atoms with Crippen LogP contribution in [0.2, 0.25) is 0 Å². The fourth-order valence-electron chi connectivity index (χ4n) is 4.75. The molecule has 0 heterocycles. The standard InChI is InChI=1S/C28H56O2/c1-5-7-17-22-26(20-6-2)24-27(28(29)30)23-19-16-14-12-10-8-9-11-13-15-18-21-25(3)4/h25-27H,5-24H2,1-4H3,(H,29,30). The lowest BCUT2D eigenvalue weighted by Gasteiger charge is -2.21. The summed E-state index contributed by atoms with van der Waals surface area (Å²) in [6.07, 6.45) is 25.3. The summed E-state index contributed by atoms with van der Waals surface area (Å²) in [5, 5.41) is 9.67. The summed E-state index contributed by atoms with van der Waals surface area (Å²) in [5.41, 5.74) is 0. The minimum Gasteiger partial charge on any atom is -0.481 e. The van der Waals surface area contributed by atoms with Crippen molar-refractivity contribution in [2.45, 2.75) is 156 Å². The predicted octanol–water partition coefficient (Wildman–Crippen LogP) is 9.80. The lowest BCUT2D eigenvalue weighted by atomic mass is 9.85. The average Bonchev–Trinajstić information content (AvgIpc) is 2.70. The van der Waals surface area contributed by atoms with Gasteiger partial charge in [-0.1, -0.05) is 143 Å².